The fraction of sp³-hybridized carbons (Fsp3) is 0.867. The number of methoxy groups -OCH3 is 1. The molecule has 21 heavy (non-hydrogen) atoms. The molecule has 1 saturated carbocycles. The van der Waals surface area contributed by atoms with E-state index in [0.29, 0.717) is 11.3 Å². The molecule has 1 aliphatic heterocycles. The Morgan fingerprint density at radius 1 is 1.29 bits per heavy atom. The van der Waals surface area contributed by atoms with Gasteiger partial charge in [0.25, 0.3) is 0 Å². The molecule has 1 saturated heterocycles. The van der Waals surface area contributed by atoms with Crippen molar-refractivity contribution in [2.45, 2.75) is 51.2 Å². The lowest BCUT2D eigenvalue weighted by Crippen LogP contribution is -2.37. The van der Waals surface area contributed by atoms with Gasteiger partial charge >= 0.3 is 0 Å². The minimum atomic E-state index is -0.362. The molecule has 1 atom stereocenters. The molecule has 1 aromatic rings. The van der Waals surface area contributed by atoms with Gasteiger partial charge in [-0.1, -0.05) is 19.0 Å². The first-order valence-electron chi connectivity index (χ1n) is 7.75. The van der Waals surface area contributed by atoms with Gasteiger partial charge in [-0.3, -0.25) is 0 Å². The average molecular weight is 311 g/mol. The number of thioether (sulfide) groups is 1. The quantitative estimate of drug-likeness (QED) is 0.926. The summed E-state index contributed by atoms with van der Waals surface area (Å²) in [7, 11) is 1.77. The summed E-state index contributed by atoms with van der Waals surface area (Å²) in [6.07, 6.45) is 4.18. The second-order valence-electron chi connectivity index (χ2n) is 6.90. The number of nitrogens with one attached hydrogen (secondary N) is 1. The first-order valence-corrected chi connectivity index (χ1v) is 8.91. The maximum absolute atomic E-state index is 5.85. The Morgan fingerprint density at radius 3 is 2.67 bits per heavy atom. The molecule has 3 rings (SSSR count). The fourth-order valence-electron chi connectivity index (χ4n) is 3.14. The number of aromatic nitrogens is 2. The molecule has 0 aromatic carbocycles. The van der Waals surface area contributed by atoms with Crippen LogP contribution in [-0.2, 0) is 10.3 Å². The fourth-order valence-corrected chi connectivity index (χ4v) is 4.06. The van der Waals surface area contributed by atoms with Gasteiger partial charge < -0.3 is 14.6 Å². The number of nitrogens with zero attached hydrogens (tertiary/aromatic N) is 2. The Balaban J connectivity index is 1.77. The summed E-state index contributed by atoms with van der Waals surface area (Å²) in [5.74, 6) is 3.58. The molecule has 118 valence electrons. The summed E-state index contributed by atoms with van der Waals surface area (Å²) in [4.78, 5) is 4.67. The summed E-state index contributed by atoms with van der Waals surface area (Å²) >= 11 is 1.93. The van der Waals surface area contributed by atoms with E-state index in [1.807, 2.05) is 11.8 Å². The van der Waals surface area contributed by atoms with E-state index < -0.39 is 0 Å². The zero-order valence-corrected chi connectivity index (χ0v) is 14.0. The van der Waals surface area contributed by atoms with Gasteiger partial charge in [-0.15, -0.1) is 0 Å². The highest BCUT2D eigenvalue weighted by molar-refractivity contribution is 7.99. The van der Waals surface area contributed by atoms with Gasteiger partial charge in [0.05, 0.1) is 6.04 Å². The minimum absolute atomic E-state index is 0.180. The molecule has 1 unspecified atom stereocenters. The van der Waals surface area contributed by atoms with Gasteiger partial charge in [0, 0.05) is 25.2 Å². The van der Waals surface area contributed by atoms with Crippen molar-refractivity contribution < 1.29 is 9.26 Å². The molecule has 6 heteroatoms. The zero-order valence-electron chi connectivity index (χ0n) is 13.1. The SMILES string of the molecule is COC1(c2noc(C3CSCCN3)n2)CCC(C)(C)CC1. The van der Waals surface area contributed by atoms with E-state index in [-0.39, 0.29) is 11.6 Å². The van der Waals surface area contributed by atoms with Crippen molar-refractivity contribution >= 4 is 11.8 Å². The minimum Gasteiger partial charge on any atom is -0.370 e. The topological polar surface area (TPSA) is 60.2 Å². The van der Waals surface area contributed by atoms with Crippen LogP contribution in [0.1, 0.15) is 57.3 Å². The van der Waals surface area contributed by atoms with Crippen LogP contribution in [0.15, 0.2) is 4.52 Å². The van der Waals surface area contributed by atoms with Crippen molar-refractivity contribution in [2.24, 2.45) is 5.41 Å². The molecule has 2 fully saturated rings. The number of hydrogen-bond acceptors (Lipinski definition) is 6. The van der Waals surface area contributed by atoms with Crippen molar-refractivity contribution in [1.29, 1.82) is 0 Å². The maximum atomic E-state index is 5.85. The molecule has 1 aliphatic carbocycles. The van der Waals surface area contributed by atoms with Gasteiger partial charge in [-0.2, -0.15) is 16.7 Å². The van der Waals surface area contributed by atoms with Crippen LogP contribution >= 0.6 is 11.8 Å². The predicted molar refractivity (Wildman–Crippen MR) is 83.3 cm³/mol. The summed E-state index contributed by atoms with van der Waals surface area (Å²) in [5.41, 5.74) is 0.0231. The van der Waals surface area contributed by atoms with Crippen LogP contribution in [0.2, 0.25) is 0 Å². The van der Waals surface area contributed by atoms with E-state index in [1.54, 1.807) is 7.11 Å². The molecule has 5 nitrogen and oxygen atoms in total. The van der Waals surface area contributed by atoms with Crippen LogP contribution < -0.4 is 5.32 Å². The van der Waals surface area contributed by atoms with E-state index in [1.165, 1.54) is 0 Å². The first-order chi connectivity index (χ1) is 10.0. The largest absolute Gasteiger partial charge is 0.370 e. The van der Waals surface area contributed by atoms with E-state index in [0.717, 1.165) is 49.6 Å². The second-order valence-corrected chi connectivity index (χ2v) is 8.05. The third kappa shape index (κ3) is 3.12. The zero-order chi connectivity index (χ0) is 14.9. The summed E-state index contributed by atoms with van der Waals surface area (Å²) in [6.45, 7) is 5.63. The van der Waals surface area contributed by atoms with E-state index in [9.17, 15) is 0 Å². The van der Waals surface area contributed by atoms with Gasteiger partial charge in [-0.05, 0) is 31.1 Å². The molecule has 0 spiro atoms. The van der Waals surface area contributed by atoms with Crippen molar-refractivity contribution in [3.05, 3.63) is 11.7 Å². The molecular formula is C15H25N3O2S. The molecule has 0 amide bonds. The van der Waals surface area contributed by atoms with Crippen molar-refractivity contribution in [3.63, 3.8) is 0 Å². The first kappa shape index (κ1) is 15.3. The highest BCUT2D eigenvalue weighted by Crippen LogP contribution is 2.46. The third-order valence-electron chi connectivity index (χ3n) is 4.87. The van der Waals surface area contributed by atoms with Crippen LogP contribution in [0.4, 0.5) is 0 Å². The Bertz CT molecular complexity index is 473. The lowest BCUT2D eigenvalue weighted by molar-refractivity contribution is -0.0740. The molecule has 1 aromatic heterocycles. The lowest BCUT2D eigenvalue weighted by atomic mass is 9.70. The normalized spacial score (nSPS) is 28.4. The summed E-state index contributed by atoms with van der Waals surface area (Å²) < 4.78 is 11.4. The number of ether oxygens (including phenoxy) is 1. The van der Waals surface area contributed by atoms with Crippen molar-refractivity contribution in [1.82, 2.24) is 15.5 Å². The van der Waals surface area contributed by atoms with Crippen molar-refractivity contribution in [2.75, 3.05) is 25.2 Å². The van der Waals surface area contributed by atoms with Gasteiger partial charge in [0.1, 0.15) is 5.60 Å². The molecule has 0 bridgehead atoms. The van der Waals surface area contributed by atoms with E-state index >= 15 is 0 Å². The molecule has 1 N–H and O–H groups in total. The molecular weight excluding hydrogens is 286 g/mol. The predicted octanol–water partition coefficient (Wildman–Crippen LogP) is 2.89. The lowest BCUT2D eigenvalue weighted by Gasteiger charge is -2.40. The van der Waals surface area contributed by atoms with Crippen LogP contribution in [0.5, 0.6) is 0 Å². The summed E-state index contributed by atoms with van der Waals surface area (Å²) in [6, 6.07) is 0.180. The van der Waals surface area contributed by atoms with Crippen LogP contribution in [0.3, 0.4) is 0 Å². The number of rotatable bonds is 3. The smallest absolute Gasteiger partial charge is 0.244 e. The van der Waals surface area contributed by atoms with Crippen LogP contribution in [0.25, 0.3) is 0 Å². The van der Waals surface area contributed by atoms with Gasteiger partial charge in [-0.25, -0.2) is 0 Å². The molecule has 2 heterocycles. The number of hydrogen-bond donors (Lipinski definition) is 1. The van der Waals surface area contributed by atoms with E-state index in [4.69, 9.17) is 9.26 Å². The van der Waals surface area contributed by atoms with E-state index in [2.05, 4.69) is 29.3 Å². The highest BCUT2D eigenvalue weighted by Gasteiger charge is 2.43. The Labute approximate surface area is 130 Å². The third-order valence-corrected chi connectivity index (χ3v) is 5.93. The Kier molecular flexibility index (Phi) is 4.30. The van der Waals surface area contributed by atoms with Crippen LogP contribution in [-0.4, -0.2) is 35.3 Å². The maximum Gasteiger partial charge on any atom is 0.244 e. The van der Waals surface area contributed by atoms with Gasteiger partial charge in [0.15, 0.2) is 0 Å². The van der Waals surface area contributed by atoms with Crippen molar-refractivity contribution in [3.8, 4) is 0 Å². The Hall–Kier alpha value is -0.590. The average Bonchev–Trinajstić information content (AvgIpc) is 2.99. The standard InChI is InChI=1S/C15H25N3O2S/c1-14(2)4-6-15(19-3,7-5-14)13-17-12(20-18-13)11-10-21-9-8-16-11/h11,16H,4-10H2,1-3H3. The second kappa shape index (κ2) is 5.89. The molecule has 0 radical (unpaired) electrons. The summed E-state index contributed by atoms with van der Waals surface area (Å²) in [5, 5.41) is 7.68. The highest BCUT2D eigenvalue weighted by atomic mass is 32.2. The van der Waals surface area contributed by atoms with Gasteiger partial charge in [0.2, 0.25) is 11.7 Å². The monoisotopic (exact) mass is 311 g/mol. The van der Waals surface area contributed by atoms with Crippen LogP contribution in [0, 0.1) is 5.41 Å². The molecule has 2 aliphatic rings. The Morgan fingerprint density at radius 2 is 2.05 bits per heavy atom.